The monoisotopic (exact) mass is 240 g/mol. The van der Waals surface area contributed by atoms with Crippen molar-refractivity contribution in [1.82, 2.24) is 10.2 Å². The number of rotatable bonds is 4. The van der Waals surface area contributed by atoms with E-state index in [9.17, 15) is 14.7 Å². The highest BCUT2D eigenvalue weighted by atomic mass is 16.3. The second-order valence-corrected chi connectivity index (χ2v) is 5.09. The van der Waals surface area contributed by atoms with Crippen LogP contribution in [0, 0.1) is 11.8 Å². The molecule has 0 aromatic rings. The largest absolute Gasteiger partial charge is 0.396 e. The van der Waals surface area contributed by atoms with Crippen molar-refractivity contribution in [2.45, 2.75) is 31.7 Å². The first-order valence-corrected chi connectivity index (χ1v) is 6.28. The van der Waals surface area contributed by atoms with E-state index in [2.05, 4.69) is 5.32 Å². The molecule has 2 fully saturated rings. The van der Waals surface area contributed by atoms with E-state index in [1.807, 2.05) is 0 Å². The predicted molar refractivity (Wildman–Crippen MR) is 62.1 cm³/mol. The molecule has 1 saturated carbocycles. The lowest BCUT2D eigenvalue weighted by atomic mass is 9.96. The van der Waals surface area contributed by atoms with Crippen molar-refractivity contribution in [3.05, 3.63) is 0 Å². The highest BCUT2D eigenvalue weighted by molar-refractivity contribution is 6.05. The Kier molecular flexibility index (Phi) is 3.79. The Morgan fingerprint density at radius 1 is 1.35 bits per heavy atom. The van der Waals surface area contributed by atoms with Crippen LogP contribution in [0.3, 0.4) is 0 Å². The van der Waals surface area contributed by atoms with Crippen molar-refractivity contribution < 1.29 is 14.7 Å². The van der Waals surface area contributed by atoms with Crippen molar-refractivity contribution in [1.29, 1.82) is 0 Å². The number of aliphatic hydroxyl groups is 1. The summed E-state index contributed by atoms with van der Waals surface area (Å²) in [6.07, 6.45) is 3.59. The zero-order chi connectivity index (χ0) is 12.4. The molecule has 2 aliphatic rings. The number of aliphatic hydroxyl groups excluding tert-OH is 1. The van der Waals surface area contributed by atoms with E-state index in [0.29, 0.717) is 11.8 Å². The summed E-state index contributed by atoms with van der Waals surface area (Å²) in [5, 5.41) is 12.4. The SMILES string of the molecule is CN1C(=O)CC(NCC2CCCC2CO)C1=O. The van der Waals surface area contributed by atoms with Gasteiger partial charge in [-0.15, -0.1) is 0 Å². The van der Waals surface area contributed by atoms with Crippen molar-refractivity contribution in [2.24, 2.45) is 11.8 Å². The molecule has 2 N–H and O–H groups in total. The Morgan fingerprint density at radius 2 is 2.06 bits per heavy atom. The van der Waals surface area contributed by atoms with E-state index in [1.54, 1.807) is 0 Å². The van der Waals surface area contributed by atoms with Crippen LogP contribution >= 0.6 is 0 Å². The van der Waals surface area contributed by atoms with Gasteiger partial charge in [0.2, 0.25) is 11.8 Å². The lowest BCUT2D eigenvalue weighted by Crippen LogP contribution is -2.40. The molecule has 0 aromatic carbocycles. The number of imide groups is 1. The lowest BCUT2D eigenvalue weighted by Gasteiger charge is -2.19. The molecule has 1 heterocycles. The second-order valence-electron chi connectivity index (χ2n) is 5.09. The number of hydrogen-bond donors (Lipinski definition) is 2. The first-order chi connectivity index (χ1) is 8.13. The summed E-state index contributed by atoms with van der Waals surface area (Å²) in [5.74, 6) is 0.549. The molecule has 5 nitrogen and oxygen atoms in total. The van der Waals surface area contributed by atoms with Crippen LogP contribution in [0.5, 0.6) is 0 Å². The molecule has 3 atom stereocenters. The number of carbonyl (C=O) groups is 2. The number of carbonyl (C=O) groups excluding carboxylic acids is 2. The molecule has 0 aromatic heterocycles. The van der Waals surface area contributed by atoms with Crippen molar-refractivity contribution in [3.63, 3.8) is 0 Å². The number of nitrogens with zero attached hydrogens (tertiary/aromatic N) is 1. The first kappa shape index (κ1) is 12.5. The normalized spacial score (nSPS) is 33.8. The molecule has 0 radical (unpaired) electrons. The van der Waals surface area contributed by atoms with Gasteiger partial charge >= 0.3 is 0 Å². The molecule has 1 aliphatic heterocycles. The van der Waals surface area contributed by atoms with Crippen LogP contribution in [0.15, 0.2) is 0 Å². The number of likely N-dealkylation sites (N-methyl/N-ethyl adjacent to an activating group) is 1. The molecule has 2 amide bonds. The fraction of sp³-hybridized carbons (Fsp3) is 0.833. The van der Waals surface area contributed by atoms with Gasteiger partial charge in [-0.3, -0.25) is 14.5 Å². The third kappa shape index (κ3) is 2.50. The minimum Gasteiger partial charge on any atom is -0.396 e. The highest BCUT2D eigenvalue weighted by Gasteiger charge is 2.36. The second kappa shape index (κ2) is 5.14. The standard InChI is InChI=1S/C12H20N2O3/c1-14-11(16)5-10(12(14)17)13-6-8-3-2-4-9(8)7-15/h8-10,13,15H,2-7H2,1H3. The van der Waals surface area contributed by atoms with Gasteiger partial charge in [-0.25, -0.2) is 0 Å². The van der Waals surface area contributed by atoms with Gasteiger partial charge < -0.3 is 10.4 Å². The Bertz CT molecular complexity index is 319. The zero-order valence-electron chi connectivity index (χ0n) is 10.2. The lowest BCUT2D eigenvalue weighted by molar-refractivity contribution is -0.137. The smallest absolute Gasteiger partial charge is 0.246 e. The van der Waals surface area contributed by atoms with Crippen LogP contribution < -0.4 is 5.32 Å². The number of likely N-dealkylation sites (tertiary alicyclic amines) is 1. The minimum absolute atomic E-state index is 0.113. The predicted octanol–water partition coefficient (Wildman–Crippen LogP) is -0.258. The van der Waals surface area contributed by atoms with E-state index in [4.69, 9.17) is 0 Å². The number of nitrogens with one attached hydrogen (secondary N) is 1. The van der Waals surface area contributed by atoms with Crippen LogP contribution in [0.1, 0.15) is 25.7 Å². The molecule has 5 heteroatoms. The van der Waals surface area contributed by atoms with Crippen LogP contribution in [-0.2, 0) is 9.59 Å². The zero-order valence-corrected chi connectivity index (χ0v) is 10.2. The van der Waals surface area contributed by atoms with Gasteiger partial charge in [0.1, 0.15) is 0 Å². The number of hydrogen-bond acceptors (Lipinski definition) is 4. The average molecular weight is 240 g/mol. The maximum atomic E-state index is 11.7. The Morgan fingerprint density at radius 3 is 2.65 bits per heavy atom. The molecule has 96 valence electrons. The summed E-state index contributed by atoms with van der Waals surface area (Å²) < 4.78 is 0. The molecular formula is C12H20N2O3. The van der Waals surface area contributed by atoms with Gasteiger partial charge in [-0.1, -0.05) is 6.42 Å². The topological polar surface area (TPSA) is 69.6 Å². The molecule has 3 unspecified atom stereocenters. The Labute approximate surface area is 101 Å². The fourth-order valence-electron chi connectivity index (χ4n) is 2.83. The van der Waals surface area contributed by atoms with Gasteiger partial charge in [0, 0.05) is 13.7 Å². The van der Waals surface area contributed by atoms with Gasteiger partial charge in [0.25, 0.3) is 0 Å². The third-order valence-electron chi connectivity index (χ3n) is 4.06. The van der Waals surface area contributed by atoms with E-state index < -0.39 is 0 Å². The van der Waals surface area contributed by atoms with Crippen molar-refractivity contribution in [2.75, 3.05) is 20.2 Å². The summed E-state index contributed by atoms with van der Waals surface area (Å²) in [6, 6.07) is -0.354. The van der Waals surface area contributed by atoms with Gasteiger partial charge in [0.05, 0.1) is 12.5 Å². The molecule has 2 rings (SSSR count). The average Bonchev–Trinajstić information content (AvgIpc) is 2.87. The maximum absolute atomic E-state index is 11.7. The molecular weight excluding hydrogens is 220 g/mol. The summed E-state index contributed by atoms with van der Waals surface area (Å²) in [6.45, 7) is 0.951. The molecule has 0 bridgehead atoms. The first-order valence-electron chi connectivity index (χ1n) is 6.28. The van der Waals surface area contributed by atoms with E-state index in [-0.39, 0.29) is 30.9 Å². The summed E-state index contributed by atoms with van der Waals surface area (Å²) in [4.78, 5) is 24.2. The van der Waals surface area contributed by atoms with Crippen molar-refractivity contribution in [3.8, 4) is 0 Å². The van der Waals surface area contributed by atoms with Gasteiger partial charge in [-0.05, 0) is 31.2 Å². The Hall–Kier alpha value is -0.940. The summed E-state index contributed by atoms with van der Waals surface area (Å²) >= 11 is 0. The fourth-order valence-corrected chi connectivity index (χ4v) is 2.83. The highest BCUT2D eigenvalue weighted by Crippen LogP contribution is 2.30. The van der Waals surface area contributed by atoms with Gasteiger partial charge in [-0.2, -0.15) is 0 Å². The quantitative estimate of drug-likeness (QED) is 0.664. The molecule has 1 saturated heterocycles. The maximum Gasteiger partial charge on any atom is 0.246 e. The molecule has 1 aliphatic carbocycles. The van der Waals surface area contributed by atoms with Crippen LogP contribution in [-0.4, -0.2) is 48.1 Å². The third-order valence-corrected chi connectivity index (χ3v) is 4.06. The summed E-state index contributed by atoms with van der Waals surface area (Å²) in [7, 11) is 1.53. The molecule has 0 spiro atoms. The van der Waals surface area contributed by atoms with Gasteiger partial charge in [0.15, 0.2) is 0 Å². The van der Waals surface area contributed by atoms with E-state index in [1.165, 1.54) is 11.9 Å². The summed E-state index contributed by atoms with van der Waals surface area (Å²) in [5.41, 5.74) is 0. The van der Waals surface area contributed by atoms with E-state index in [0.717, 1.165) is 25.8 Å². The van der Waals surface area contributed by atoms with E-state index >= 15 is 0 Å². The minimum atomic E-state index is -0.354. The number of amides is 2. The van der Waals surface area contributed by atoms with Crippen LogP contribution in [0.4, 0.5) is 0 Å². The molecule has 17 heavy (non-hydrogen) atoms. The van der Waals surface area contributed by atoms with Crippen LogP contribution in [0.25, 0.3) is 0 Å². The Balaban J connectivity index is 1.83. The van der Waals surface area contributed by atoms with Crippen LogP contribution in [0.2, 0.25) is 0 Å². The van der Waals surface area contributed by atoms with Crippen molar-refractivity contribution >= 4 is 11.8 Å².